The normalized spacial score (nSPS) is 11.2. The summed E-state index contributed by atoms with van der Waals surface area (Å²) in [7, 11) is 0. The molecule has 1 aromatic carbocycles. The highest BCUT2D eigenvalue weighted by Gasteiger charge is 2.19. The molecule has 0 aliphatic carbocycles. The van der Waals surface area contributed by atoms with Crippen molar-refractivity contribution in [2.45, 2.75) is 25.8 Å². The Morgan fingerprint density at radius 2 is 1.89 bits per heavy atom. The zero-order valence-corrected chi connectivity index (χ0v) is 15.6. The van der Waals surface area contributed by atoms with Crippen LogP contribution in [0.25, 0.3) is 11.5 Å². The predicted molar refractivity (Wildman–Crippen MR) is 102 cm³/mol. The Hall–Kier alpha value is -3.39. The Kier molecular flexibility index (Phi) is 5.60. The van der Waals surface area contributed by atoms with Gasteiger partial charge in [-0.15, -0.1) is 0 Å². The molecule has 0 fully saturated rings. The molecular weight excluding hydrogens is 362 g/mol. The summed E-state index contributed by atoms with van der Waals surface area (Å²) in [6, 6.07) is 11.8. The summed E-state index contributed by atoms with van der Waals surface area (Å²) < 4.78 is 10.3. The zero-order chi connectivity index (χ0) is 20.1. The molecule has 3 N–H and O–H groups in total. The number of aromatic nitrogens is 1. The van der Waals surface area contributed by atoms with Crippen LogP contribution in [-0.2, 0) is 11.2 Å². The zero-order valence-electron chi connectivity index (χ0n) is 15.6. The van der Waals surface area contributed by atoms with E-state index in [2.05, 4.69) is 15.8 Å². The fourth-order valence-corrected chi connectivity index (χ4v) is 2.46. The summed E-state index contributed by atoms with van der Waals surface area (Å²) in [5.74, 6) is 0.238. The molecule has 0 saturated heterocycles. The molecule has 2 amide bonds. The molecule has 0 aliphatic heterocycles. The van der Waals surface area contributed by atoms with Gasteiger partial charge in [-0.1, -0.05) is 17.3 Å². The van der Waals surface area contributed by atoms with Gasteiger partial charge in [0.1, 0.15) is 0 Å². The number of amides is 2. The van der Waals surface area contributed by atoms with Crippen LogP contribution in [0.4, 0.5) is 5.69 Å². The molecule has 0 aliphatic rings. The van der Waals surface area contributed by atoms with E-state index in [1.165, 1.54) is 12.3 Å². The van der Waals surface area contributed by atoms with Crippen molar-refractivity contribution in [3.8, 4) is 11.5 Å². The SMILES string of the molecule is CC(C)(CO)NC(=O)Cc1ccc(NC(=O)c2cc(-c3ccco3)on2)cc1. The largest absolute Gasteiger partial charge is 0.461 e. The molecule has 0 saturated carbocycles. The van der Waals surface area contributed by atoms with Gasteiger partial charge in [0.25, 0.3) is 5.91 Å². The van der Waals surface area contributed by atoms with Crippen LogP contribution >= 0.6 is 0 Å². The molecular formula is C20H21N3O5. The third-order valence-corrected chi connectivity index (χ3v) is 3.96. The molecule has 8 heteroatoms. The number of furan rings is 1. The number of carbonyl (C=O) groups excluding carboxylic acids is 2. The fourth-order valence-electron chi connectivity index (χ4n) is 2.46. The number of carbonyl (C=O) groups is 2. The summed E-state index contributed by atoms with van der Waals surface area (Å²) in [6.45, 7) is 3.34. The van der Waals surface area contributed by atoms with Crippen molar-refractivity contribution in [3.05, 3.63) is 60.0 Å². The lowest BCUT2D eigenvalue weighted by Gasteiger charge is -2.23. The Morgan fingerprint density at radius 1 is 1.14 bits per heavy atom. The van der Waals surface area contributed by atoms with Crippen molar-refractivity contribution in [3.63, 3.8) is 0 Å². The Morgan fingerprint density at radius 3 is 2.54 bits per heavy atom. The van der Waals surface area contributed by atoms with Gasteiger partial charge < -0.3 is 24.7 Å². The van der Waals surface area contributed by atoms with Crippen LogP contribution in [0.15, 0.2) is 57.7 Å². The first-order valence-electron chi connectivity index (χ1n) is 8.69. The molecule has 146 valence electrons. The van der Waals surface area contributed by atoms with Crippen LogP contribution < -0.4 is 10.6 Å². The number of anilines is 1. The van der Waals surface area contributed by atoms with E-state index in [-0.39, 0.29) is 24.6 Å². The van der Waals surface area contributed by atoms with Gasteiger partial charge in [-0.05, 0) is 43.7 Å². The Balaban J connectivity index is 1.58. The minimum Gasteiger partial charge on any atom is -0.461 e. The topological polar surface area (TPSA) is 118 Å². The number of aliphatic hydroxyl groups is 1. The molecule has 0 atom stereocenters. The van der Waals surface area contributed by atoms with E-state index in [0.717, 1.165) is 5.56 Å². The molecule has 28 heavy (non-hydrogen) atoms. The third-order valence-electron chi connectivity index (χ3n) is 3.96. The van der Waals surface area contributed by atoms with E-state index < -0.39 is 11.4 Å². The van der Waals surface area contributed by atoms with Crippen LogP contribution in [0.1, 0.15) is 29.9 Å². The summed E-state index contributed by atoms with van der Waals surface area (Å²) >= 11 is 0. The molecule has 0 bridgehead atoms. The second-order valence-electron chi connectivity index (χ2n) is 6.97. The van der Waals surface area contributed by atoms with Crippen molar-refractivity contribution in [1.82, 2.24) is 10.5 Å². The first-order valence-corrected chi connectivity index (χ1v) is 8.69. The molecule has 3 aromatic rings. The van der Waals surface area contributed by atoms with Crippen LogP contribution in [0.5, 0.6) is 0 Å². The number of aliphatic hydroxyl groups excluding tert-OH is 1. The first kappa shape index (κ1) is 19.4. The van der Waals surface area contributed by atoms with Gasteiger partial charge in [0.15, 0.2) is 11.5 Å². The lowest BCUT2D eigenvalue weighted by molar-refractivity contribution is -0.122. The standard InChI is InChI=1S/C20H21N3O5/c1-20(2,12-24)22-18(25)10-13-5-7-14(8-6-13)21-19(26)15-11-17(28-23-15)16-4-3-9-27-16/h3-9,11,24H,10,12H2,1-2H3,(H,21,26)(H,22,25). The van der Waals surface area contributed by atoms with Crippen LogP contribution in [-0.4, -0.2) is 34.2 Å². The van der Waals surface area contributed by atoms with Gasteiger partial charge in [0, 0.05) is 11.8 Å². The summed E-state index contributed by atoms with van der Waals surface area (Å²) in [6.07, 6.45) is 1.68. The lowest BCUT2D eigenvalue weighted by atomic mass is 10.1. The summed E-state index contributed by atoms with van der Waals surface area (Å²) in [5, 5.41) is 18.4. The van der Waals surface area contributed by atoms with Crippen molar-refractivity contribution in [2.24, 2.45) is 0 Å². The second kappa shape index (κ2) is 8.10. The Bertz CT molecular complexity index is 943. The average molecular weight is 383 g/mol. The molecule has 2 aromatic heterocycles. The van der Waals surface area contributed by atoms with Crippen molar-refractivity contribution in [2.75, 3.05) is 11.9 Å². The smallest absolute Gasteiger partial charge is 0.277 e. The summed E-state index contributed by atoms with van der Waals surface area (Å²) in [5.41, 5.74) is 0.802. The molecule has 0 unspecified atom stereocenters. The number of nitrogens with zero attached hydrogens (tertiary/aromatic N) is 1. The third kappa shape index (κ3) is 4.86. The molecule has 0 radical (unpaired) electrons. The quantitative estimate of drug-likeness (QED) is 0.577. The Labute approximate surface area is 161 Å². The second-order valence-corrected chi connectivity index (χ2v) is 6.97. The lowest BCUT2D eigenvalue weighted by Crippen LogP contribution is -2.46. The first-order chi connectivity index (χ1) is 13.4. The number of hydrogen-bond acceptors (Lipinski definition) is 6. The number of nitrogens with one attached hydrogen (secondary N) is 2. The highest BCUT2D eigenvalue weighted by atomic mass is 16.5. The number of hydrogen-bond donors (Lipinski definition) is 3. The fraction of sp³-hybridized carbons (Fsp3) is 0.250. The van der Waals surface area contributed by atoms with E-state index in [1.54, 1.807) is 50.2 Å². The van der Waals surface area contributed by atoms with E-state index in [9.17, 15) is 14.7 Å². The van der Waals surface area contributed by atoms with Crippen LogP contribution in [0, 0.1) is 0 Å². The van der Waals surface area contributed by atoms with Gasteiger partial charge >= 0.3 is 0 Å². The van der Waals surface area contributed by atoms with E-state index in [4.69, 9.17) is 8.94 Å². The average Bonchev–Trinajstić information content (AvgIpc) is 3.34. The van der Waals surface area contributed by atoms with Gasteiger partial charge in [-0.2, -0.15) is 0 Å². The number of rotatable bonds is 7. The van der Waals surface area contributed by atoms with Crippen molar-refractivity contribution >= 4 is 17.5 Å². The predicted octanol–water partition coefficient (Wildman–Crippen LogP) is 2.62. The summed E-state index contributed by atoms with van der Waals surface area (Å²) in [4.78, 5) is 24.3. The maximum Gasteiger partial charge on any atom is 0.277 e. The minimum atomic E-state index is -0.670. The molecule has 8 nitrogen and oxygen atoms in total. The molecule has 0 spiro atoms. The van der Waals surface area contributed by atoms with Gasteiger partial charge in [0.2, 0.25) is 11.7 Å². The molecule has 3 rings (SSSR count). The van der Waals surface area contributed by atoms with Crippen molar-refractivity contribution in [1.29, 1.82) is 0 Å². The maximum absolute atomic E-state index is 12.3. The van der Waals surface area contributed by atoms with Gasteiger partial charge in [-0.25, -0.2) is 0 Å². The minimum absolute atomic E-state index is 0.126. The van der Waals surface area contributed by atoms with Gasteiger partial charge in [-0.3, -0.25) is 9.59 Å². The highest BCUT2D eigenvalue weighted by Crippen LogP contribution is 2.21. The van der Waals surface area contributed by atoms with Crippen LogP contribution in [0.2, 0.25) is 0 Å². The van der Waals surface area contributed by atoms with Gasteiger partial charge in [0.05, 0.1) is 24.8 Å². The van der Waals surface area contributed by atoms with E-state index >= 15 is 0 Å². The number of benzene rings is 1. The maximum atomic E-state index is 12.3. The van der Waals surface area contributed by atoms with E-state index in [0.29, 0.717) is 17.2 Å². The van der Waals surface area contributed by atoms with E-state index in [1.807, 2.05) is 0 Å². The van der Waals surface area contributed by atoms with Crippen molar-refractivity contribution < 1.29 is 23.6 Å². The molecule has 2 heterocycles. The highest BCUT2D eigenvalue weighted by molar-refractivity contribution is 6.03. The monoisotopic (exact) mass is 383 g/mol. The van der Waals surface area contributed by atoms with Crippen LogP contribution in [0.3, 0.4) is 0 Å².